The van der Waals surface area contributed by atoms with Gasteiger partial charge in [-0.25, -0.2) is 13.1 Å². The quantitative estimate of drug-likeness (QED) is 0.656. The molecule has 0 saturated carbocycles. The molecule has 0 radical (unpaired) electrons. The van der Waals surface area contributed by atoms with Crippen molar-refractivity contribution < 1.29 is 27.8 Å². The van der Waals surface area contributed by atoms with Gasteiger partial charge in [-0.15, -0.1) is 0 Å². The number of nitrogens with zero attached hydrogens (tertiary/aromatic N) is 1. The summed E-state index contributed by atoms with van der Waals surface area (Å²) in [7, 11) is -2.48. The maximum Gasteiger partial charge on any atom is 0.254 e. The largest absolute Gasteiger partial charge is 0.495 e. The van der Waals surface area contributed by atoms with Crippen LogP contribution in [-0.2, 0) is 14.8 Å². The number of aliphatic hydroxyl groups excluding tert-OH is 1. The van der Waals surface area contributed by atoms with Gasteiger partial charge in [-0.3, -0.25) is 4.79 Å². The van der Waals surface area contributed by atoms with Gasteiger partial charge in [-0.1, -0.05) is 0 Å². The Balaban J connectivity index is 2.28. The number of rotatable bonds is 7. The maximum atomic E-state index is 12.5. The number of morpholine rings is 1. The lowest BCUT2D eigenvalue weighted by Crippen LogP contribution is -2.40. The Morgan fingerprint density at radius 1 is 1.38 bits per heavy atom. The van der Waals surface area contributed by atoms with Crippen LogP contribution in [0.4, 0.5) is 0 Å². The van der Waals surface area contributed by atoms with E-state index in [0.717, 1.165) is 0 Å². The summed E-state index contributed by atoms with van der Waals surface area (Å²) in [5.41, 5.74) is 0.278. The number of nitrogens with one attached hydrogen (secondary N) is 1. The summed E-state index contributed by atoms with van der Waals surface area (Å²) >= 11 is 0. The summed E-state index contributed by atoms with van der Waals surface area (Å²) in [6.45, 7) is 1.87. The van der Waals surface area contributed by atoms with Crippen molar-refractivity contribution in [3.63, 3.8) is 0 Å². The van der Waals surface area contributed by atoms with Crippen LogP contribution >= 0.6 is 0 Å². The van der Waals surface area contributed by atoms with Crippen LogP contribution in [0.5, 0.6) is 5.75 Å². The van der Waals surface area contributed by atoms with E-state index in [-0.39, 0.29) is 35.3 Å². The molecule has 2 N–H and O–H groups in total. The lowest BCUT2D eigenvalue weighted by molar-refractivity contribution is 0.0302. The van der Waals surface area contributed by atoms with Crippen molar-refractivity contribution >= 4 is 15.9 Å². The summed E-state index contributed by atoms with van der Waals surface area (Å²) < 4.78 is 37.5. The zero-order valence-electron chi connectivity index (χ0n) is 13.5. The lowest BCUT2D eigenvalue weighted by Gasteiger charge is -2.27. The highest BCUT2D eigenvalue weighted by Crippen LogP contribution is 2.25. The number of ether oxygens (including phenoxy) is 2. The third kappa shape index (κ3) is 4.44. The van der Waals surface area contributed by atoms with Crippen LogP contribution in [0.2, 0.25) is 0 Å². The Bertz CT molecular complexity index is 671. The van der Waals surface area contributed by atoms with Crippen molar-refractivity contribution in [1.82, 2.24) is 9.62 Å². The second-order valence-electron chi connectivity index (χ2n) is 5.25. The number of carbonyl (C=O) groups is 1. The zero-order chi connectivity index (χ0) is 17.6. The molecule has 1 amide bonds. The van der Waals surface area contributed by atoms with Crippen molar-refractivity contribution in [2.75, 3.05) is 46.6 Å². The van der Waals surface area contributed by atoms with E-state index in [1.807, 2.05) is 0 Å². The normalized spacial score (nSPS) is 15.3. The minimum Gasteiger partial charge on any atom is -0.495 e. The van der Waals surface area contributed by atoms with E-state index in [1.165, 1.54) is 19.2 Å². The lowest BCUT2D eigenvalue weighted by atomic mass is 10.2. The smallest absolute Gasteiger partial charge is 0.254 e. The Morgan fingerprint density at radius 3 is 2.71 bits per heavy atom. The molecule has 0 unspecified atom stereocenters. The van der Waals surface area contributed by atoms with E-state index >= 15 is 0 Å². The van der Waals surface area contributed by atoms with Gasteiger partial charge in [0.15, 0.2) is 0 Å². The molecule has 134 valence electrons. The van der Waals surface area contributed by atoms with E-state index in [2.05, 4.69) is 4.72 Å². The van der Waals surface area contributed by atoms with Gasteiger partial charge in [0.2, 0.25) is 10.0 Å². The van der Waals surface area contributed by atoms with Crippen molar-refractivity contribution in [2.45, 2.75) is 11.3 Å². The minimum atomic E-state index is -3.84. The first-order valence-electron chi connectivity index (χ1n) is 7.65. The molecule has 0 atom stereocenters. The molecule has 1 aliphatic rings. The van der Waals surface area contributed by atoms with E-state index < -0.39 is 10.0 Å². The Morgan fingerprint density at radius 2 is 2.08 bits per heavy atom. The molecule has 1 heterocycles. The minimum absolute atomic E-state index is 0.0953. The molecule has 0 spiro atoms. The van der Waals surface area contributed by atoms with Crippen molar-refractivity contribution in [1.29, 1.82) is 0 Å². The van der Waals surface area contributed by atoms with Gasteiger partial charge >= 0.3 is 0 Å². The SMILES string of the molecule is COc1ccc(C(=O)N2CCOCC2)cc1S(=O)(=O)NCCCO. The van der Waals surface area contributed by atoms with Gasteiger partial charge in [0.05, 0.1) is 20.3 Å². The molecule has 1 fully saturated rings. The average molecular weight is 358 g/mol. The molecule has 0 aliphatic carbocycles. The van der Waals surface area contributed by atoms with Crippen molar-refractivity contribution in [3.8, 4) is 5.75 Å². The summed E-state index contributed by atoms with van der Waals surface area (Å²) in [5.74, 6) is -0.0854. The fourth-order valence-electron chi connectivity index (χ4n) is 2.33. The first-order valence-corrected chi connectivity index (χ1v) is 9.13. The highest BCUT2D eigenvalue weighted by atomic mass is 32.2. The zero-order valence-corrected chi connectivity index (χ0v) is 14.3. The van der Waals surface area contributed by atoms with Gasteiger partial charge in [-0.2, -0.15) is 0 Å². The number of aliphatic hydroxyl groups is 1. The number of sulfonamides is 1. The average Bonchev–Trinajstić information content (AvgIpc) is 2.61. The molecule has 2 rings (SSSR count). The predicted octanol–water partition coefficient (Wildman–Crippen LogP) is -0.172. The number of amides is 1. The molecular weight excluding hydrogens is 336 g/mol. The van der Waals surface area contributed by atoms with E-state index in [1.54, 1.807) is 11.0 Å². The van der Waals surface area contributed by atoms with Gasteiger partial charge in [0.1, 0.15) is 10.6 Å². The molecule has 0 aromatic heterocycles. The summed E-state index contributed by atoms with van der Waals surface area (Å²) in [6, 6.07) is 4.33. The molecule has 24 heavy (non-hydrogen) atoms. The highest BCUT2D eigenvalue weighted by Gasteiger charge is 2.24. The second-order valence-corrected chi connectivity index (χ2v) is 6.98. The third-order valence-corrected chi connectivity index (χ3v) is 5.11. The fraction of sp³-hybridized carbons (Fsp3) is 0.533. The first kappa shape index (κ1) is 18.7. The van der Waals surface area contributed by atoms with Crippen LogP contribution in [0.1, 0.15) is 16.8 Å². The second kappa shape index (κ2) is 8.43. The third-order valence-electron chi connectivity index (χ3n) is 3.63. The van der Waals surface area contributed by atoms with Crippen molar-refractivity contribution in [2.24, 2.45) is 0 Å². The number of carbonyl (C=O) groups excluding carboxylic acids is 1. The molecule has 9 heteroatoms. The molecular formula is C15H22N2O6S. The summed E-state index contributed by atoms with van der Waals surface area (Å²) in [6.07, 6.45) is 0.300. The Kier molecular flexibility index (Phi) is 6.55. The summed E-state index contributed by atoms with van der Waals surface area (Å²) in [5, 5.41) is 8.78. The number of methoxy groups -OCH3 is 1. The summed E-state index contributed by atoms with van der Waals surface area (Å²) in [4.78, 5) is 14.1. The molecule has 1 aliphatic heterocycles. The highest BCUT2D eigenvalue weighted by molar-refractivity contribution is 7.89. The fourth-order valence-corrected chi connectivity index (χ4v) is 3.60. The standard InChI is InChI=1S/C15H22N2O6S/c1-22-13-4-3-12(15(19)17-6-9-23-10-7-17)11-14(13)24(20,21)16-5-2-8-18/h3-4,11,16,18H,2,5-10H2,1H3. The molecule has 0 bridgehead atoms. The topological polar surface area (TPSA) is 105 Å². The molecule has 1 aromatic rings. The van der Waals surface area contributed by atoms with Gasteiger partial charge < -0.3 is 19.5 Å². The Hall–Kier alpha value is -1.68. The number of hydrogen-bond donors (Lipinski definition) is 2. The van der Waals surface area contributed by atoms with E-state index in [4.69, 9.17) is 14.6 Å². The maximum absolute atomic E-state index is 12.5. The van der Waals surface area contributed by atoms with E-state index in [9.17, 15) is 13.2 Å². The first-order chi connectivity index (χ1) is 11.5. The van der Waals surface area contributed by atoms with Crippen molar-refractivity contribution in [3.05, 3.63) is 23.8 Å². The van der Waals surface area contributed by atoms with E-state index in [0.29, 0.717) is 32.7 Å². The number of benzene rings is 1. The van der Waals surface area contributed by atoms with Crippen LogP contribution < -0.4 is 9.46 Å². The van der Waals surface area contributed by atoms with Crippen LogP contribution in [0.15, 0.2) is 23.1 Å². The predicted molar refractivity (Wildman–Crippen MR) is 86.6 cm³/mol. The Labute approximate surface area is 141 Å². The van der Waals surface area contributed by atoms with Crippen LogP contribution in [0, 0.1) is 0 Å². The number of hydrogen-bond acceptors (Lipinski definition) is 6. The van der Waals surface area contributed by atoms with Crippen LogP contribution in [-0.4, -0.2) is 70.9 Å². The van der Waals surface area contributed by atoms with Crippen LogP contribution in [0.3, 0.4) is 0 Å². The van der Waals surface area contributed by atoms with Crippen LogP contribution in [0.25, 0.3) is 0 Å². The molecule has 1 saturated heterocycles. The molecule has 1 aromatic carbocycles. The monoisotopic (exact) mass is 358 g/mol. The van der Waals surface area contributed by atoms with Gasteiger partial charge in [0.25, 0.3) is 5.91 Å². The molecule has 8 nitrogen and oxygen atoms in total. The van der Waals surface area contributed by atoms with Gasteiger partial charge in [-0.05, 0) is 24.6 Å². The van der Waals surface area contributed by atoms with Gasteiger partial charge in [0, 0.05) is 31.8 Å².